The summed E-state index contributed by atoms with van der Waals surface area (Å²) in [5, 5.41) is 13.6. The van der Waals surface area contributed by atoms with Gasteiger partial charge in [0.25, 0.3) is 0 Å². The number of carbonyl (C=O) groups excluding carboxylic acids is 3. The molecule has 0 aromatic heterocycles. The Morgan fingerprint density at radius 2 is 1.91 bits per heavy atom. The first kappa shape index (κ1) is 18.9. The van der Waals surface area contributed by atoms with E-state index < -0.39 is 12.0 Å². The van der Waals surface area contributed by atoms with Gasteiger partial charge in [0.1, 0.15) is 6.04 Å². The van der Waals surface area contributed by atoms with Crippen molar-refractivity contribution >= 4 is 23.7 Å². The van der Waals surface area contributed by atoms with Gasteiger partial charge in [-0.3, -0.25) is 19.2 Å². The number of carboxylic acid groups (broad SMARTS) is 1. The van der Waals surface area contributed by atoms with Crippen LogP contribution in [0.5, 0.6) is 0 Å². The normalized spacial score (nSPS) is 16.9. The molecule has 1 atom stereocenters. The molecule has 130 valence electrons. The highest BCUT2D eigenvalue weighted by molar-refractivity contribution is 5.91. The van der Waals surface area contributed by atoms with Gasteiger partial charge in [-0.1, -0.05) is 0 Å². The molecule has 0 unspecified atom stereocenters. The maximum absolute atomic E-state index is 12.0. The van der Waals surface area contributed by atoms with Gasteiger partial charge in [-0.2, -0.15) is 0 Å². The summed E-state index contributed by atoms with van der Waals surface area (Å²) < 4.78 is 0. The van der Waals surface area contributed by atoms with Crippen LogP contribution in [0.3, 0.4) is 0 Å². The van der Waals surface area contributed by atoms with E-state index in [2.05, 4.69) is 10.6 Å². The van der Waals surface area contributed by atoms with Gasteiger partial charge in [-0.15, -0.1) is 0 Å². The largest absolute Gasteiger partial charge is 0.481 e. The lowest BCUT2D eigenvalue weighted by atomic mass is 10.2. The maximum Gasteiger partial charge on any atom is 0.303 e. The summed E-state index contributed by atoms with van der Waals surface area (Å²) in [4.78, 5) is 47.0. The number of carboxylic acids is 1. The average molecular weight is 328 g/mol. The van der Waals surface area contributed by atoms with E-state index in [9.17, 15) is 19.2 Å². The van der Waals surface area contributed by atoms with E-state index in [0.717, 1.165) is 6.42 Å². The maximum atomic E-state index is 12.0. The topological polar surface area (TPSA) is 142 Å². The Morgan fingerprint density at radius 1 is 1.17 bits per heavy atom. The second-order valence-corrected chi connectivity index (χ2v) is 5.37. The summed E-state index contributed by atoms with van der Waals surface area (Å²) in [7, 11) is 0. The fraction of sp³-hybridized carbons (Fsp3) is 0.714. The second-order valence-electron chi connectivity index (χ2n) is 5.37. The van der Waals surface area contributed by atoms with E-state index in [4.69, 9.17) is 10.8 Å². The molecule has 1 aliphatic rings. The third-order valence-corrected chi connectivity index (χ3v) is 3.61. The summed E-state index contributed by atoms with van der Waals surface area (Å²) in [6, 6.07) is -0.561. The first-order valence-electron chi connectivity index (χ1n) is 7.71. The third-order valence-electron chi connectivity index (χ3n) is 3.61. The predicted molar refractivity (Wildman–Crippen MR) is 81.3 cm³/mol. The fourth-order valence-corrected chi connectivity index (χ4v) is 2.43. The third kappa shape index (κ3) is 6.64. The number of hydrogen-bond acceptors (Lipinski definition) is 5. The van der Waals surface area contributed by atoms with Gasteiger partial charge in [-0.25, -0.2) is 0 Å². The monoisotopic (exact) mass is 328 g/mol. The number of rotatable bonds is 9. The predicted octanol–water partition coefficient (Wildman–Crippen LogP) is -1.58. The van der Waals surface area contributed by atoms with Crippen molar-refractivity contribution in [2.24, 2.45) is 5.73 Å². The summed E-state index contributed by atoms with van der Waals surface area (Å²) in [6.07, 6.45) is 2.42. The van der Waals surface area contributed by atoms with Gasteiger partial charge in [0.2, 0.25) is 17.7 Å². The highest BCUT2D eigenvalue weighted by Crippen LogP contribution is 2.17. The molecule has 23 heavy (non-hydrogen) atoms. The van der Waals surface area contributed by atoms with E-state index in [1.165, 1.54) is 4.90 Å². The molecular weight excluding hydrogens is 304 g/mol. The lowest BCUT2D eigenvalue weighted by molar-refractivity contribution is -0.137. The molecule has 0 saturated carbocycles. The van der Waals surface area contributed by atoms with E-state index in [1.54, 1.807) is 0 Å². The Balaban J connectivity index is 2.23. The van der Waals surface area contributed by atoms with Crippen LogP contribution in [-0.4, -0.2) is 65.9 Å². The Kier molecular flexibility index (Phi) is 8.03. The molecule has 0 bridgehead atoms. The Morgan fingerprint density at radius 3 is 2.57 bits per heavy atom. The Hall–Kier alpha value is -2.16. The highest BCUT2D eigenvalue weighted by Gasteiger charge is 2.33. The van der Waals surface area contributed by atoms with Crippen LogP contribution in [0.2, 0.25) is 0 Å². The fourth-order valence-electron chi connectivity index (χ4n) is 2.43. The molecule has 1 saturated heterocycles. The van der Waals surface area contributed by atoms with Crippen LogP contribution >= 0.6 is 0 Å². The Bertz CT molecular complexity index is 454. The molecule has 0 radical (unpaired) electrons. The van der Waals surface area contributed by atoms with E-state index in [-0.39, 0.29) is 37.2 Å². The lowest BCUT2D eigenvalue weighted by Gasteiger charge is -2.23. The summed E-state index contributed by atoms with van der Waals surface area (Å²) >= 11 is 0. The van der Waals surface area contributed by atoms with Crippen LogP contribution in [0.25, 0.3) is 0 Å². The van der Waals surface area contributed by atoms with Gasteiger partial charge in [0.15, 0.2) is 0 Å². The summed E-state index contributed by atoms with van der Waals surface area (Å²) in [5.41, 5.74) is 5.31. The molecule has 1 fully saturated rings. The van der Waals surface area contributed by atoms with Crippen molar-refractivity contribution in [2.75, 3.05) is 26.2 Å². The van der Waals surface area contributed by atoms with Crippen LogP contribution < -0.4 is 16.4 Å². The molecule has 9 heteroatoms. The van der Waals surface area contributed by atoms with Crippen molar-refractivity contribution in [1.29, 1.82) is 0 Å². The minimum absolute atomic E-state index is 0.0687. The molecule has 0 spiro atoms. The molecular formula is C14H24N4O5. The van der Waals surface area contributed by atoms with E-state index in [1.807, 2.05) is 0 Å². The van der Waals surface area contributed by atoms with Crippen molar-refractivity contribution in [3.8, 4) is 0 Å². The second kappa shape index (κ2) is 9.78. The number of nitrogens with one attached hydrogen (secondary N) is 2. The highest BCUT2D eigenvalue weighted by atomic mass is 16.4. The van der Waals surface area contributed by atoms with Crippen molar-refractivity contribution in [3.63, 3.8) is 0 Å². The number of unbranched alkanes of at least 4 members (excludes halogenated alkanes) is 1. The summed E-state index contributed by atoms with van der Waals surface area (Å²) in [5.74, 6) is -1.84. The first-order chi connectivity index (χ1) is 11.0. The van der Waals surface area contributed by atoms with Gasteiger partial charge in [0.05, 0.1) is 13.1 Å². The number of nitrogens with two attached hydrogens (primary N) is 1. The first-order valence-corrected chi connectivity index (χ1v) is 7.71. The van der Waals surface area contributed by atoms with Crippen molar-refractivity contribution in [1.82, 2.24) is 15.5 Å². The van der Waals surface area contributed by atoms with Crippen molar-refractivity contribution in [3.05, 3.63) is 0 Å². The molecule has 1 aliphatic heterocycles. The number of likely N-dealkylation sites (tertiary alicyclic amines) is 1. The number of carbonyl (C=O) groups is 4. The Labute approximate surface area is 134 Å². The van der Waals surface area contributed by atoms with Crippen molar-refractivity contribution in [2.45, 2.75) is 38.1 Å². The van der Waals surface area contributed by atoms with E-state index >= 15 is 0 Å². The minimum Gasteiger partial charge on any atom is -0.481 e. The summed E-state index contributed by atoms with van der Waals surface area (Å²) in [6.45, 7) is 0.562. The number of hydrogen-bond donors (Lipinski definition) is 4. The molecule has 0 aliphatic carbocycles. The van der Waals surface area contributed by atoms with Crippen LogP contribution in [0, 0.1) is 0 Å². The SMILES string of the molecule is NCC(=O)N1CCC[C@H]1C(=O)NCC(=O)NCCCCC(=O)O. The minimum atomic E-state index is -0.864. The molecule has 5 N–H and O–H groups in total. The smallest absolute Gasteiger partial charge is 0.303 e. The van der Waals surface area contributed by atoms with Crippen LogP contribution in [-0.2, 0) is 19.2 Å². The number of aliphatic carboxylic acids is 1. The van der Waals surface area contributed by atoms with Crippen LogP contribution in [0.1, 0.15) is 32.1 Å². The quantitative estimate of drug-likeness (QED) is 0.376. The van der Waals surface area contributed by atoms with E-state index in [0.29, 0.717) is 32.4 Å². The number of nitrogens with zero attached hydrogens (tertiary/aromatic N) is 1. The van der Waals surface area contributed by atoms with Crippen LogP contribution in [0.4, 0.5) is 0 Å². The molecule has 3 amide bonds. The molecule has 1 heterocycles. The molecule has 0 aromatic rings. The van der Waals surface area contributed by atoms with Crippen molar-refractivity contribution < 1.29 is 24.3 Å². The number of amides is 3. The van der Waals surface area contributed by atoms with Gasteiger partial charge < -0.3 is 26.4 Å². The molecule has 1 rings (SSSR count). The zero-order chi connectivity index (χ0) is 17.2. The standard InChI is InChI=1S/C14H24N4O5/c15-8-12(20)18-7-3-4-10(18)14(23)17-9-11(19)16-6-2-1-5-13(21)22/h10H,1-9,15H2,(H,16,19)(H,17,23)(H,21,22)/t10-/m0/s1. The molecule has 0 aromatic carbocycles. The van der Waals surface area contributed by atoms with Gasteiger partial charge >= 0.3 is 5.97 Å². The lowest BCUT2D eigenvalue weighted by Crippen LogP contribution is -2.49. The van der Waals surface area contributed by atoms with Gasteiger partial charge in [-0.05, 0) is 25.7 Å². The van der Waals surface area contributed by atoms with Gasteiger partial charge in [0, 0.05) is 19.5 Å². The zero-order valence-corrected chi connectivity index (χ0v) is 13.0. The average Bonchev–Trinajstić information content (AvgIpc) is 3.00. The molecule has 9 nitrogen and oxygen atoms in total. The zero-order valence-electron chi connectivity index (χ0n) is 13.0. The van der Waals surface area contributed by atoms with Crippen LogP contribution in [0.15, 0.2) is 0 Å².